The van der Waals surface area contributed by atoms with Crippen LogP contribution in [0.25, 0.3) is 10.9 Å². The van der Waals surface area contributed by atoms with E-state index in [0.717, 1.165) is 12.8 Å². The number of nitrogens with one attached hydrogen (secondary N) is 2. The van der Waals surface area contributed by atoms with Crippen LogP contribution in [-0.4, -0.2) is 37.7 Å². The summed E-state index contributed by atoms with van der Waals surface area (Å²) in [6, 6.07) is 9.51. The van der Waals surface area contributed by atoms with Crippen molar-refractivity contribution in [2.75, 3.05) is 17.2 Å². The molecule has 8 nitrogen and oxygen atoms in total. The molecule has 2 aromatic carbocycles. The van der Waals surface area contributed by atoms with Gasteiger partial charge in [-0.1, -0.05) is 49.7 Å². The Bertz CT molecular complexity index is 1560. The first-order valence-corrected chi connectivity index (χ1v) is 12.8. The van der Waals surface area contributed by atoms with Crippen molar-refractivity contribution in [3.05, 3.63) is 76.5 Å². The van der Waals surface area contributed by atoms with Gasteiger partial charge in [0.05, 0.1) is 54.1 Å². The monoisotopic (exact) mass is 534 g/mol. The first-order valence-electron chi connectivity index (χ1n) is 12.9. The van der Waals surface area contributed by atoms with E-state index < -0.39 is 11.8 Å². The second kappa shape index (κ2) is 10.2. The molecule has 1 fully saturated rings. The molecule has 4 aromatic rings. The summed E-state index contributed by atoms with van der Waals surface area (Å²) in [5, 5.41) is 35.9. The molecule has 38 heavy (non-hydrogen) atoms. The number of nitrogens with zero attached hydrogens (tertiary/aromatic N) is 5. The third kappa shape index (κ3) is 5.28. The molecule has 0 spiro atoms. The molecule has 0 unspecified atom stereocenters. The minimum absolute atomic E-state index is 0.152. The van der Waals surface area contributed by atoms with Crippen molar-refractivity contribution in [3.63, 3.8) is 0 Å². The van der Waals surface area contributed by atoms with E-state index in [4.69, 9.17) is 11.6 Å². The van der Waals surface area contributed by atoms with Crippen molar-refractivity contribution in [1.82, 2.24) is 20.0 Å². The summed E-state index contributed by atoms with van der Waals surface area (Å²) < 4.78 is 25.1. The van der Waals surface area contributed by atoms with Gasteiger partial charge in [0.2, 0.25) is 0 Å². The zero-order valence-electron chi connectivity index (χ0n) is 22.3. The van der Waals surface area contributed by atoms with Crippen LogP contribution in [0.2, 0.25) is 5.02 Å². The standard InChI is InChI=1S/C28H29ClFN7O/c1-28(2,3)24(15-38)34-25-17(12-31)13-32-27-21(25)10-19(11-22(27)29)33-26(16-4-6-18(30)7-5-16)23-14-37(36-35-23)20-8-9-20/h4-7,10-11,13-14,20,24,26,33,38H,8-9,15H2,1-3H3,(H,32,34)/t24-,26-/m1/s1/i26D. The maximum atomic E-state index is 13.8. The highest BCUT2D eigenvalue weighted by molar-refractivity contribution is 6.35. The van der Waals surface area contributed by atoms with Gasteiger partial charge in [-0.15, -0.1) is 5.10 Å². The van der Waals surface area contributed by atoms with Crippen LogP contribution in [-0.2, 0) is 0 Å². The molecule has 0 aliphatic heterocycles. The molecule has 5 rings (SSSR count). The summed E-state index contributed by atoms with van der Waals surface area (Å²) in [6.45, 7) is 5.81. The summed E-state index contributed by atoms with van der Waals surface area (Å²) in [5.41, 5.74) is 2.19. The Morgan fingerprint density at radius 2 is 2.00 bits per heavy atom. The number of benzene rings is 2. The molecule has 2 heterocycles. The fourth-order valence-corrected chi connectivity index (χ4v) is 4.50. The maximum absolute atomic E-state index is 13.8. The number of aromatic nitrogens is 4. The molecule has 1 aliphatic carbocycles. The fourth-order valence-electron chi connectivity index (χ4n) is 4.24. The maximum Gasteiger partial charge on any atom is 0.123 e. The van der Waals surface area contributed by atoms with Crippen LogP contribution in [0.15, 0.2) is 48.8 Å². The van der Waals surface area contributed by atoms with Crippen LogP contribution in [0.3, 0.4) is 0 Å². The second-order valence-corrected chi connectivity index (χ2v) is 11.0. The molecule has 2 atom stereocenters. The molecular weight excluding hydrogens is 505 g/mol. The summed E-state index contributed by atoms with van der Waals surface area (Å²) in [4.78, 5) is 4.40. The minimum Gasteiger partial charge on any atom is -0.394 e. The molecule has 1 saturated carbocycles. The van der Waals surface area contributed by atoms with Crippen molar-refractivity contribution >= 4 is 33.9 Å². The third-order valence-corrected chi connectivity index (χ3v) is 6.97. The molecule has 0 amide bonds. The van der Waals surface area contributed by atoms with E-state index in [9.17, 15) is 16.1 Å². The number of hydrogen-bond donors (Lipinski definition) is 3. The molecule has 0 radical (unpaired) electrons. The average Bonchev–Trinajstić information content (AvgIpc) is 3.62. The van der Waals surface area contributed by atoms with Crippen LogP contribution in [0.4, 0.5) is 15.8 Å². The summed E-state index contributed by atoms with van der Waals surface area (Å²) in [5.74, 6) is -0.417. The highest BCUT2D eigenvalue weighted by atomic mass is 35.5. The Morgan fingerprint density at radius 1 is 1.26 bits per heavy atom. The summed E-state index contributed by atoms with van der Waals surface area (Å²) in [6.07, 6.45) is 5.20. The Kier molecular flexibility index (Phi) is 6.60. The number of aliphatic hydroxyl groups excluding tert-OH is 1. The number of hydrogen-bond acceptors (Lipinski definition) is 7. The predicted octanol–water partition coefficient (Wildman–Crippen LogP) is 5.85. The molecule has 3 N–H and O–H groups in total. The Balaban J connectivity index is 1.63. The smallest absolute Gasteiger partial charge is 0.123 e. The SMILES string of the molecule is [2H][C@@](Nc1cc(Cl)c2ncc(C#N)c(N[C@H](CO)C(C)(C)C)c2c1)(c1ccc(F)cc1)c1cn(C2CC2)nn1. The zero-order valence-corrected chi connectivity index (χ0v) is 22.1. The highest BCUT2D eigenvalue weighted by Crippen LogP contribution is 2.38. The lowest BCUT2D eigenvalue weighted by molar-refractivity contribution is 0.202. The van der Waals surface area contributed by atoms with Gasteiger partial charge in [-0.2, -0.15) is 5.26 Å². The first kappa shape index (κ1) is 24.6. The molecule has 2 aromatic heterocycles. The van der Waals surface area contributed by atoms with E-state index >= 15 is 0 Å². The number of nitriles is 1. The lowest BCUT2D eigenvalue weighted by atomic mass is 9.87. The zero-order chi connectivity index (χ0) is 27.9. The predicted molar refractivity (Wildman–Crippen MR) is 146 cm³/mol. The van der Waals surface area contributed by atoms with E-state index in [1.54, 1.807) is 23.0 Å². The molecule has 1 aliphatic rings. The number of rotatable bonds is 8. The van der Waals surface area contributed by atoms with Crippen molar-refractivity contribution in [1.29, 1.82) is 5.26 Å². The third-order valence-electron chi connectivity index (χ3n) is 6.68. The van der Waals surface area contributed by atoms with Gasteiger partial charge in [0, 0.05) is 17.3 Å². The van der Waals surface area contributed by atoms with Gasteiger partial charge in [-0.25, -0.2) is 9.07 Å². The number of halogens is 2. The van der Waals surface area contributed by atoms with Gasteiger partial charge >= 0.3 is 0 Å². The summed E-state index contributed by atoms with van der Waals surface area (Å²) >= 11 is 6.68. The van der Waals surface area contributed by atoms with Crippen LogP contribution < -0.4 is 10.6 Å². The molecule has 0 bridgehead atoms. The van der Waals surface area contributed by atoms with E-state index in [1.165, 1.54) is 30.5 Å². The lowest BCUT2D eigenvalue weighted by Gasteiger charge is -2.31. The largest absolute Gasteiger partial charge is 0.394 e. The van der Waals surface area contributed by atoms with Gasteiger partial charge in [0.1, 0.15) is 17.6 Å². The normalized spacial score (nSPS) is 16.4. The van der Waals surface area contributed by atoms with Crippen molar-refractivity contribution in [3.8, 4) is 6.07 Å². The fraction of sp³-hybridized carbons (Fsp3) is 0.357. The van der Waals surface area contributed by atoms with Crippen molar-refractivity contribution < 1.29 is 10.9 Å². The van der Waals surface area contributed by atoms with Crippen LogP contribution >= 0.6 is 11.6 Å². The van der Waals surface area contributed by atoms with Crippen LogP contribution in [0.1, 0.15) is 63.9 Å². The second-order valence-electron chi connectivity index (χ2n) is 10.6. The average molecular weight is 535 g/mol. The summed E-state index contributed by atoms with van der Waals surface area (Å²) in [7, 11) is 0. The van der Waals surface area contributed by atoms with E-state index in [0.29, 0.717) is 44.1 Å². The van der Waals surface area contributed by atoms with E-state index in [-0.39, 0.29) is 24.1 Å². The lowest BCUT2D eigenvalue weighted by Crippen LogP contribution is -2.37. The first-order chi connectivity index (χ1) is 18.5. The van der Waals surface area contributed by atoms with Gasteiger partial charge in [0.25, 0.3) is 0 Å². The Morgan fingerprint density at radius 3 is 2.63 bits per heavy atom. The molecule has 0 saturated heterocycles. The van der Waals surface area contributed by atoms with Gasteiger partial charge in [-0.3, -0.25) is 4.98 Å². The van der Waals surface area contributed by atoms with Crippen LogP contribution in [0, 0.1) is 22.6 Å². The number of pyridine rings is 1. The van der Waals surface area contributed by atoms with Crippen molar-refractivity contribution in [2.45, 2.75) is 51.7 Å². The van der Waals surface area contributed by atoms with Gasteiger partial charge in [0.15, 0.2) is 0 Å². The quantitative estimate of drug-likeness (QED) is 0.260. The van der Waals surface area contributed by atoms with Gasteiger partial charge < -0.3 is 15.7 Å². The van der Waals surface area contributed by atoms with Crippen LogP contribution in [0.5, 0.6) is 0 Å². The highest BCUT2D eigenvalue weighted by Gasteiger charge is 2.28. The van der Waals surface area contributed by atoms with Crippen molar-refractivity contribution in [2.24, 2.45) is 5.41 Å². The molecular formula is C28H29ClFN7O. The number of anilines is 2. The molecule has 10 heteroatoms. The Labute approximate surface area is 226 Å². The number of aliphatic hydroxyl groups is 1. The molecule has 196 valence electrons. The van der Waals surface area contributed by atoms with E-state index in [1.807, 2.05) is 20.8 Å². The number of fused-ring (bicyclic) bond motifs is 1. The van der Waals surface area contributed by atoms with Gasteiger partial charge in [-0.05, 0) is 48.1 Å². The topological polar surface area (TPSA) is 112 Å². The Hall–Kier alpha value is -3.74. The van der Waals surface area contributed by atoms with E-state index in [2.05, 4.69) is 32.0 Å². The minimum atomic E-state index is -1.63.